The van der Waals surface area contributed by atoms with Crippen LogP contribution in [-0.4, -0.2) is 54.9 Å². The molecule has 1 aliphatic rings. The molecule has 1 heterocycles. The Balaban J connectivity index is 2.17. The SMILES string of the molecule is COc1ccc(C(C)(C)C)cc1C(=O)N1CCN(C(=O)C(C)C)CC1. The first-order chi connectivity index (χ1) is 11.6. The zero-order valence-corrected chi connectivity index (χ0v) is 16.3. The Kier molecular flexibility index (Phi) is 5.76. The average molecular weight is 346 g/mol. The van der Waals surface area contributed by atoms with E-state index in [1.807, 2.05) is 41.8 Å². The average Bonchev–Trinajstić information content (AvgIpc) is 2.59. The van der Waals surface area contributed by atoms with Crippen LogP contribution in [0.2, 0.25) is 0 Å². The lowest BCUT2D eigenvalue weighted by atomic mass is 9.86. The van der Waals surface area contributed by atoms with Gasteiger partial charge in [0.15, 0.2) is 0 Å². The monoisotopic (exact) mass is 346 g/mol. The number of benzene rings is 1. The Morgan fingerprint density at radius 1 is 1.04 bits per heavy atom. The van der Waals surface area contributed by atoms with Gasteiger partial charge in [0.1, 0.15) is 5.75 Å². The van der Waals surface area contributed by atoms with Crippen molar-refractivity contribution in [2.75, 3.05) is 33.3 Å². The second kappa shape index (κ2) is 7.46. The van der Waals surface area contributed by atoms with Gasteiger partial charge < -0.3 is 14.5 Å². The molecular weight excluding hydrogens is 316 g/mol. The van der Waals surface area contributed by atoms with Gasteiger partial charge in [-0.15, -0.1) is 0 Å². The van der Waals surface area contributed by atoms with Crippen molar-refractivity contribution < 1.29 is 14.3 Å². The number of hydrogen-bond donors (Lipinski definition) is 0. The molecular formula is C20H30N2O3. The van der Waals surface area contributed by atoms with Gasteiger partial charge in [0.05, 0.1) is 12.7 Å². The lowest BCUT2D eigenvalue weighted by Gasteiger charge is -2.36. The lowest BCUT2D eigenvalue weighted by molar-refractivity contribution is -0.135. The van der Waals surface area contributed by atoms with Crippen molar-refractivity contribution in [3.8, 4) is 5.75 Å². The molecule has 0 saturated carbocycles. The van der Waals surface area contributed by atoms with E-state index < -0.39 is 0 Å². The van der Waals surface area contributed by atoms with E-state index in [2.05, 4.69) is 20.8 Å². The van der Waals surface area contributed by atoms with Crippen molar-refractivity contribution >= 4 is 11.8 Å². The molecule has 0 radical (unpaired) electrons. The normalized spacial score (nSPS) is 15.5. The smallest absolute Gasteiger partial charge is 0.257 e. The number of amides is 2. The molecule has 0 bridgehead atoms. The maximum absolute atomic E-state index is 13.0. The quantitative estimate of drug-likeness (QED) is 0.845. The maximum atomic E-state index is 13.0. The zero-order valence-electron chi connectivity index (χ0n) is 16.3. The van der Waals surface area contributed by atoms with Crippen LogP contribution >= 0.6 is 0 Å². The number of methoxy groups -OCH3 is 1. The summed E-state index contributed by atoms with van der Waals surface area (Å²) in [5.74, 6) is 0.712. The van der Waals surface area contributed by atoms with Gasteiger partial charge in [-0.3, -0.25) is 9.59 Å². The predicted octanol–water partition coefficient (Wildman–Crippen LogP) is 2.93. The highest BCUT2D eigenvalue weighted by Crippen LogP contribution is 2.29. The van der Waals surface area contributed by atoms with Crippen molar-refractivity contribution in [2.24, 2.45) is 5.92 Å². The fourth-order valence-corrected chi connectivity index (χ4v) is 3.01. The molecule has 0 atom stereocenters. The van der Waals surface area contributed by atoms with Crippen LogP contribution in [-0.2, 0) is 10.2 Å². The summed E-state index contributed by atoms with van der Waals surface area (Å²) >= 11 is 0. The van der Waals surface area contributed by atoms with Gasteiger partial charge in [-0.1, -0.05) is 40.7 Å². The summed E-state index contributed by atoms with van der Waals surface area (Å²) in [6.45, 7) is 12.5. The fourth-order valence-electron chi connectivity index (χ4n) is 3.01. The highest BCUT2D eigenvalue weighted by atomic mass is 16.5. The number of carbonyl (C=O) groups is 2. The maximum Gasteiger partial charge on any atom is 0.257 e. The Morgan fingerprint density at radius 3 is 2.08 bits per heavy atom. The van der Waals surface area contributed by atoms with Gasteiger partial charge in [-0.05, 0) is 23.1 Å². The molecule has 25 heavy (non-hydrogen) atoms. The summed E-state index contributed by atoms with van der Waals surface area (Å²) in [6.07, 6.45) is 0. The van der Waals surface area contributed by atoms with Crippen molar-refractivity contribution in [1.29, 1.82) is 0 Å². The Morgan fingerprint density at radius 2 is 1.60 bits per heavy atom. The highest BCUT2D eigenvalue weighted by Gasteiger charge is 2.28. The molecule has 0 aromatic heterocycles. The van der Waals surface area contributed by atoms with Crippen LogP contribution in [0.4, 0.5) is 0 Å². The van der Waals surface area contributed by atoms with Crippen LogP contribution in [0.25, 0.3) is 0 Å². The number of rotatable bonds is 3. The van der Waals surface area contributed by atoms with Gasteiger partial charge in [0, 0.05) is 32.1 Å². The summed E-state index contributed by atoms with van der Waals surface area (Å²) in [4.78, 5) is 28.8. The summed E-state index contributed by atoms with van der Waals surface area (Å²) < 4.78 is 5.40. The molecule has 0 N–H and O–H groups in total. The Hall–Kier alpha value is -2.04. The van der Waals surface area contributed by atoms with E-state index in [4.69, 9.17) is 4.74 Å². The van der Waals surface area contributed by atoms with Crippen LogP contribution in [0.15, 0.2) is 18.2 Å². The standard InChI is InChI=1S/C20H30N2O3/c1-14(2)18(23)21-9-11-22(12-10-21)19(24)16-13-15(20(3,4)5)7-8-17(16)25-6/h7-8,13-14H,9-12H2,1-6H3. The largest absolute Gasteiger partial charge is 0.496 e. The van der Waals surface area contributed by atoms with Crippen molar-refractivity contribution in [2.45, 2.75) is 40.0 Å². The zero-order chi connectivity index (χ0) is 18.8. The third kappa shape index (κ3) is 4.33. The molecule has 0 spiro atoms. The molecule has 2 amide bonds. The van der Waals surface area contributed by atoms with Crippen LogP contribution < -0.4 is 4.74 Å². The van der Waals surface area contributed by atoms with E-state index in [0.29, 0.717) is 37.5 Å². The van der Waals surface area contributed by atoms with Crippen LogP contribution in [0.5, 0.6) is 5.75 Å². The number of carbonyl (C=O) groups excluding carboxylic acids is 2. The predicted molar refractivity (Wildman–Crippen MR) is 99.0 cm³/mol. The molecule has 0 unspecified atom stereocenters. The second-order valence-electron chi connectivity index (χ2n) is 7.94. The van der Waals surface area contributed by atoms with Gasteiger partial charge in [-0.2, -0.15) is 0 Å². The number of nitrogens with zero attached hydrogens (tertiary/aromatic N) is 2. The summed E-state index contributed by atoms with van der Waals surface area (Å²) in [7, 11) is 1.59. The minimum atomic E-state index is -0.0380. The lowest BCUT2D eigenvalue weighted by Crippen LogP contribution is -2.51. The molecule has 1 fully saturated rings. The molecule has 2 rings (SSSR count). The first kappa shape index (κ1) is 19.3. The summed E-state index contributed by atoms with van der Waals surface area (Å²) in [5, 5.41) is 0. The van der Waals surface area contributed by atoms with E-state index in [9.17, 15) is 9.59 Å². The van der Waals surface area contributed by atoms with Crippen LogP contribution in [0.1, 0.15) is 50.5 Å². The van der Waals surface area contributed by atoms with Crippen molar-refractivity contribution in [3.05, 3.63) is 29.3 Å². The van der Waals surface area contributed by atoms with Gasteiger partial charge >= 0.3 is 0 Å². The third-order valence-electron chi connectivity index (χ3n) is 4.67. The van der Waals surface area contributed by atoms with Crippen LogP contribution in [0.3, 0.4) is 0 Å². The van der Waals surface area contributed by atoms with Gasteiger partial charge in [0.2, 0.25) is 5.91 Å². The van der Waals surface area contributed by atoms with E-state index in [-0.39, 0.29) is 23.1 Å². The molecule has 1 aromatic rings. The van der Waals surface area contributed by atoms with Crippen molar-refractivity contribution in [1.82, 2.24) is 9.80 Å². The molecule has 1 aromatic carbocycles. The number of hydrogen-bond acceptors (Lipinski definition) is 3. The Bertz CT molecular complexity index is 639. The van der Waals surface area contributed by atoms with E-state index in [1.54, 1.807) is 7.11 Å². The molecule has 1 aliphatic heterocycles. The Labute approximate surface area is 150 Å². The molecule has 1 saturated heterocycles. The van der Waals surface area contributed by atoms with E-state index in [0.717, 1.165) is 5.56 Å². The summed E-state index contributed by atoms with van der Waals surface area (Å²) in [6, 6.07) is 5.81. The number of ether oxygens (including phenoxy) is 1. The second-order valence-corrected chi connectivity index (χ2v) is 7.94. The van der Waals surface area contributed by atoms with Crippen molar-refractivity contribution in [3.63, 3.8) is 0 Å². The molecule has 5 nitrogen and oxygen atoms in total. The molecule has 5 heteroatoms. The van der Waals surface area contributed by atoms with Gasteiger partial charge in [-0.25, -0.2) is 0 Å². The van der Waals surface area contributed by atoms with Gasteiger partial charge in [0.25, 0.3) is 5.91 Å². The van der Waals surface area contributed by atoms with E-state index in [1.165, 1.54) is 0 Å². The first-order valence-electron chi connectivity index (χ1n) is 8.91. The first-order valence-corrected chi connectivity index (χ1v) is 8.91. The number of piperazine rings is 1. The van der Waals surface area contributed by atoms with Crippen LogP contribution in [0, 0.1) is 5.92 Å². The van der Waals surface area contributed by atoms with E-state index >= 15 is 0 Å². The molecule has 0 aliphatic carbocycles. The topological polar surface area (TPSA) is 49.9 Å². The summed E-state index contributed by atoms with van der Waals surface area (Å²) in [5.41, 5.74) is 1.66. The minimum Gasteiger partial charge on any atom is -0.496 e. The third-order valence-corrected chi connectivity index (χ3v) is 4.67. The highest BCUT2D eigenvalue weighted by molar-refractivity contribution is 5.97. The minimum absolute atomic E-state index is 0.00851. The fraction of sp³-hybridized carbons (Fsp3) is 0.600. The molecule has 138 valence electrons.